The van der Waals surface area contributed by atoms with Gasteiger partial charge in [-0.05, 0) is 32.4 Å². The second kappa shape index (κ2) is 9.75. The lowest BCUT2D eigenvalue weighted by molar-refractivity contribution is 0.371. The molecular weight excluding hydrogens is 443 g/mol. The Bertz CT molecular complexity index is 690. The molecule has 26 heavy (non-hydrogen) atoms. The average Bonchev–Trinajstić information content (AvgIpc) is 2.98. The first-order valence-corrected chi connectivity index (χ1v) is 8.72. The fourth-order valence-corrected chi connectivity index (χ4v) is 3.18. The molecule has 2 aromatic rings. The zero-order chi connectivity index (χ0) is 17.6. The fourth-order valence-electron chi connectivity index (χ4n) is 3.18. The van der Waals surface area contributed by atoms with Crippen LogP contribution in [0.3, 0.4) is 0 Å². The van der Waals surface area contributed by atoms with Gasteiger partial charge in [0.15, 0.2) is 5.96 Å². The molecule has 0 atom stereocenters. The van der Waals surface area contributed by atoms with Gasteiger partial charge in [0.05, 0.1) is 5.69 Å². The SMILES string of the molecule is CN=C(NCCc1c(C)noc1C)N1CCN(c2ccccn2)CC1.I. The van der Waals surface area contributed by atoms with E-state index in [9.17, 15) is 0 Å². The van der Waals surface area contributed by atoms with E-state index in [1.165, 1.54) is 5.56 Å². The minimum atomic E-state index is 0. The molecule has 0 amide bonds. The predicted molar refractivity (Wildman–Crippen MR) is 114 cm³/mol. The number of nitrogens with zero attached hydrogens (tertiary/aromatic N) is 5. The van der Waals surface area contributed by atoms with E-state index in [1.54, 1.807) is 0 Å². The Morgan fingerprint density at radius 1 is 1.23 bits per heavy atom. The van der Waals surface area contributed by atoms with Crippen LogP contribution in [0.2, 0.25) is 0 Å². The molecule has 8 heteroatoms. The van der Waals surface area contributed by atoms with E-state index in [-0.39, 0.29) is 24.0 Å². The van der Waals surface area contributed by atoms with Crippen LogP contribution in [0.25, 0.3) is 0 Å². The van der Waals surface area contributed by atoms with Crippen molar-refractivity contribution in [2.24, 2.45) is 4.99 Å². The number of piperazine rings is 1. The average molecular weight is 470 g/mol. The van der Waals surface area contributed by atoms with E-state index in [1.807, 2.05) is 39.2 Å². The number of aromatic nitrogens is 2. The lowest BCUT2D eigenvalue weighted by Gasteiger charge is -2.37. The van der Waals surface area contributed by atoms with Crippen molar-refractivity contribution in [3.8, 4) is 0 Å². The summed E-state index contributed by atoms with van der Waals surface area (Å²) < 4.78 is 5.22. The molecule has 1 N–H and O–H groups in total. The number of anilines is 1. The van der Waals surface area contributed by atoms with Crippen LogP contribution in [0.15, 0.2) is 33.9 Å². The first-order chi connectivity index (χ1) is 12.2. The minimum Gasteiger partial charge on any atom is -0.361 e. The third kappa shape index (κ3) is 4.87. The normalized spacial score (nSPS) is 15.0. The van der Waals surface area contributed by atoms with Crippen LogP contribution < -0.4 is 10.2 Å². The number of hydrogen-bond acceptors (Lipinski definition) is 5. The standard InChI is InChI=1S/C18H26N6O.HI/c1-14-16(15(2)25-22-14)7-9-21-18(19-3)24-12-10-23(11-13-24)17-6-4-5-8-20-17;/h4-6,8H,7,9-13H2,1-3H3,(H,19,21);1H. The number of rotatable bonds is 4. The summed E-state index contributed by atoms with van der Waals surface area (Å²) in [6.45, 7) is 8.51. The molecule has 142 valence electrons. The molecule has 0 saturated carbocycles. The Morgan fingerprint density at radius 3 is 2.58 bits per heavy atom. The molecule has 3 heterocycles. The van der Waals surface area contributed by atoms with Crippen LogP contribution in [-0.2, 0) is 6.42 Å². The quantitative estimate of drug-likeness (QED) is 0.420. The van der Waals surface area contributed by atoms with Gasteiger partial charge in [-0.1, -0.05) is 11.2 Å². The Balaban J connectivity index is 0.00000243. The molecule has 1 aliphatic rings. The summed E-state index contributed by atoms with van der Waals surface area (Å²) >= 11 is 0. The van der Waals surface area contributed by atoms with Gasteiger partial charge in [0, 0.05) is 51.5 Å². The van der Waals surface area contributed by atoms with Gasteiger partial charge in [-0.2, -0.15) is 0 Å². The molecule has 2 aromatic heterocycles. The maximum absolute atomic E-state index is 5.22. The Kier molecular flexibility index (Phi) is 7.67. The Labute approximate surface area is 171 Å². The number of pyridine rings is 1. The van der Waals surface area contributed by atoms with Crippen molar-refractivity contribution >= 4 is 35.8 Å². The van der Waals surface area contributed by atoms with Gasteiger partial charge in [0.1, 0.15) is 11.6 Å². The highest BCUT2D eigenvalue weighted by atomic mass is 127. The molecular formula is C18H27IN6O. The van der Waals surface area contributed by atoms with Crippen LogP contribution in [0.5, 0.6) is 0 Å². The van der Waals surface area contributed by atoms with Gasteiger partial charge in [-0.25, -0.2) is 4.98 Å². The second-order valence-corrected chi connectivity index (χ2v) is 6.19. The van der Waals surface area contributed by atoms with Crippen LogP contribution in [-0.4, -0.2) is 60.8 Å². The lowest BCUT2D eigenvalue weighted by atomic mass is 10.1. The molecule has 1 fully saturated rings. The van der Waals surface area contributed by atoms with Gasteiger partial charge in [-0.3, -0.25) is 4.99 Å². The minimum absolute atomic E-state index is 0. The van der Waals surface area contributed by atoms with Crippen molar-refractivity contribution in [3.05, 3.63) is 41.4 Å². The van der Waals surface area contributed by atoms with E-state index in [0.717, 1.165) is 62.4 Å². The summed E-state index contributed by atoms with van der Waals surface area (Å²) in [6, 6.07) is 6.04. The van der Waals surface area contributed by atoms with E-state index in [2.05, 4.69) is 36.3 Å². The summed E-state index contributed by atoms with van der Waals surface area (Å²) in [5.74, 6) is 2.90. The number of aryl methyl sites for hydroxylation is 2. The van der Waals surface area contributed by atoms with Crippen molar-refractivity contribution in [1.29, 1.82) is 0 Å². The zero-order valence-corrected chi connectivity index (χ0v) is 17.9. The van der Waals surface area contributed by atoms with Gasteiger partial charge in [0.2, 0.25) is 0 Å². The van der Waals surface area contributed by atoms with Crippen molar-refractivity contribution in [2.75, 3.05) is 44.7 Å². The summed E-state index contributed by atoms with van der Waals surface area (Å²) in [5, 5.41) is 7.46. The maximum atomic E-state index is 5.22. The number of halogens is 1. The molecule has 7 nitrogen and oxygen atoms in total. The predicted octanol–water partition coefficient (Wildman–Crippen LogP) is 2.24. The zero-order valence-electron chi connectivity index (χ0n) is 15.6. The first kappa shape index (κ1) is 20.5. The highest BCUT2D eigenvalue weighted by Crippen LogP contribution is 2.13. The van der Waals surface area contributed by atoms with Gasteiger partial charge >= 0.3 is 0 Å². The largest absolute Gasteiger partial charge is 0.361 e. The highest BCUT2D eigenvalue weighted by Gasteiger charge is 2.20. The maximum Gasteiger partial charge on any atom is 0.193 e. The van der Waals surface area contributed by atoms with Crippen molar-refractivity contribution in [3.63, 3.8) is 0 Å². The summed E-state index contributed by atoms with van der Waals surface area (Å²) in [7, 11) is 1.84. The number of hydrogen-bond donors (Lipinski definition) is 1. The smallest absolute Gasteiger partial charge is 0.193 e. The van der Waals surface area contributed by atoms with Gasteiger partial charge < -0.3 is 19.6 Å². The highest BCUT2D eigenvalue weighted by molar-refractivity contribution is 14.0. The number of aliphatic imine (C=N–C) groups is 1. The molecule has 0 radical (unpaired) electrons. The third-order valence-electron chi connectivity index (χ3n) is 4.60. The fraction of sp³-hybridized carbons (Fsp3) is 0.500. The Morgan fingerprint density at radius 2 is 2.00 bits per heavy atom. The van der Waals surface area contributed by atoms with E-state index >= 15 is 0 Å². The molecule has 0 unspecified atom stereocenters. The molecule has 3 rings (SSSR count). The van der Waals surface area contributed by atoms with Crippen LogP contribution >= 0.6 is 24.0 Å². The van der Waals surface area contributed by atoms with Crippen molar-refractivity contribution < 1.29 is 4.52 Å². The monoisotopic (exact) mass is 470 g/mol. The summed E-state index contributed by atoms with van der Waals surface area (Å²) in [4.78, 5) is 13.5. The second-order valence-electron chi connectivity index (χ2n) is 6.19. The molecule has 0 spiro atoms. The first-order valence-electron chi connectivity index (χ1n) is 8.72. The summed E-state index contributed by atoms with van der Waals surface area (Å²) in [5.41, 5.74) is 2.15. The van der Waals surface area contributed by atoms with E-state index in [0.29, 0.717) is 0 Å². The molecule has 0 aliphatic carbocycles. The molecule has 0 aromatic carbocycles. The third-order valence-corrected chi connectivity index (χ3v) is 4.60. The van der Waals surface area contributed by atoms with Gasteiger partial charge in [-0.15, -0.1) is 24.0 Å². The topological polar surface area (TPSA) is 69.8 Å². The molecule has 1 saturated heterocycles. The van der Waals surface area contributed by atoms with E-state index < -0.39 is 0 Å². The summed E-state index contributed by atoms with van der Waals surface area (Å²) in [6.07, 6.45) is 2.73. The molecule has 1 aliphatic heterocycles. The van der Waals surface area contributed by atoms with Gasteiger partial charge in [0.25, 0.3) is 0 Å². The van der Waals surface area contributed by atoms with Crippen molar-refractivity contribution in [1.82, 2.24) is 20.4 Å². The number of guanidine groups is 1. The van der Waals surface area contributed by atoms with Crippen LogP contribution in [0.4, 0.5) is 5.82 Å². The van der Waals surface area contributed by atoms with Crippen LogP contribution in [0.1, 0.15) is 17.0 Å². The molecule has 0 bridgehead atoms. The number of nitrogens with one attached hydrogen (secondary N) is 1. The lowest BCUT2D eigenvalue weighted by Crippen LogP contribution is -2.53. The van der Waals surface area contributed by atoms with E-state index in [4.69, 9.17) is 4.52 Å². The Hall–Kier alpha value is -1.84. The van der Waals surface area contributed by atoms with Crippen molar-refractivity contribution in [2.45, 2.75) is 20.3 Å². The van der Waals surface area contributed by atoms with Crippen LogP contribution in [0, 0.1) is 13.8 Å².